The second-order valence-corrected chi connectivity index (χ2v) is 16.0. The van der Waals surface area contributed by atoms with Gasteiger partial charge in [0, 0.05) is 74.8 Å². The molecule has 4 amide bonds. The van der Waals surface area contributed by atoms with Gasteiger partial charge >= 0.3 is 0 Å². The third-order valence-electron chi connectivity index (χ3n) is 11.4. The fraction of sp³-hybridized carbons (Fsp3) is 0.318. The van der Waals surface area contributed by atoms with Crippen molar-refractivity contribution in [3.05, 3.63) is 119 Å². The van der Waals surface area contributed by atoms with Crippen molar-refractivity contribution >= 4 is 69.9 Å². The summed E-state index contributed by atoms with van der Waals surface area (Å²) in [6, 6.07) is 18.1. The molecule has 16 nitrogen and oxygen atoms in total. The summed E-state index contributed by atoms with van der Waals surface area (Å²) in [5.74, 6) is -2.27. The van der Waals surface area contributed by atoms with Crippen molar-refractivity contribution in [1.82, 2.24) is 40.6 Å². The topological polar surface area (TPSA) is 190 Å². The zero-order valence-corrected chi connectivity index (χ0v) is 34.9. The summed E-state index contributed by atoms with van der Waals surface area (Å²) in [6.07, 6.45) is 7.28. The van der Waals surface area contributed by atoms with E-state index in [2.05, 4.69) is 56.4 Å². The fourth-order valence-corrected chi connectivity index (χ4v) is 7.98. The van der Waals surface area contributed by atoms with E-state index in [9.17, 15) is 23.6 Å². The van der Waals surface area contributed by atoms with E-state index in [-0.39, 0.29) is 47.7 Å². The molecule has 1 atom stereocenters. The predicted octanol–water partition coefficient (Wildman–Crippen LogP) is 6.03. The lowest BCUT2D eigenvalue weighted by Crippen LogP contribution is -2.48. The number of pyridine rings is 2. The number of aromatic nitrogens is 4. The van der Waals surface area contributed by atoms with Crippen LogP contribution in [0.25, 0.3) is 0 Å². The summed E-state index contributed by atoms with van der Waals surface area (Å²) >= 11 is 6.13. The SMILES string of the molecule is O=C1CCC(c2cnc(N3CCN(CCC4CCN(NC(=O)c5ccc(Nc6ncc(F)c(Nc7ccc(C(=O)Nc8ccccc8Cl)nc7)n6)cc5)CC4)CC3)cc2F)C(=O)N1. The van der Waals surface area contributed by atoms with Crippen molar-refractivity contribution < 1.29 is 28.0 Å². The Morgan fingerprint density at radius 2 is 1.56 bits per heavy atom. The molecule has 8 rings (SSSR count). The first-order valence-electron chi connectivity index (χ1n) is 20.8. The molecule has 326 valence electrons. The number of piperazine rings is 1. The summed E-state index contributed by atoms with van der Waals surface area (Å²) in [6.45, 7) is 5.55. The minimum Gasteiger partial charge on any atom is -0.354 e. The molecule has 5 aromatic rings. The van der Waals surface area contributed by atoms with Gasteiger partial charge in [-0.25, -0.2) is 28.7 Å². The largest absolute Gasteiger partial charge is 0.354 e. The highest BCUT2D eigenvalue weighted by Gasteiger charge is 2.31. The zero-order valence-electron chi connectivity index (χ0n) is 34.1. The van der Waals surface area contributed by atoms with Crippen molar-refractivity contribution in [2.45, 2.75) is 38.0 Å². The van der Waals surface area contributed by atoms with Gasteiger partial charge in [0.1, 0.15) is 17.3 Å². The molecule has 2 aromatic carbocycles. The molecule has 0 bridgehead atoms. The molecular formula is C44H45ClF2N12O4. The standard InChI is InChI=1S/C44H45ClF2N12O4/c45-33-3-1-2-4-36(33)53-43(63)37-11-9-30(24-48-37)51-40-35(47)26-50-44(55-40)52-29-7-5-28(6-8-29)41(61)56-59-17-14-27(15-18-59)13-16-57-19-21-58(22-20-57)38-23-34(46)32(25-49-38)31-10-12-39(60)54-42(31)62/h1-9,11,23-27,31H,10,12-22H2,(H,53,63)(H,56,61)(H,54,60,62)(H2,50,51,52,55). The fourth-order valence-electron chi connectivity index (χ4n) is 7.80. The highest BCUT2D eigenvalue weighted by molar-refractivity contribution is 6.33. The van der Waals surface area contributed by atoms with Gasteiger partial charge in [-0.1, -0.05) is 23.7 Å². The van der Waals surface area contributed by atoms with Crippen LogP contribution in [0.1, 0.15) is 64.4 Å². The number of imide groups is 1. The van der Waals surface area contributed by atoms with Crippen LogP contribution in [0, 0.1) is 17.6 Å². The molecule has 6 heterocycles. The molecule has 3 aliphatic heterocycles. The minimum atomic E-state index is -0.707. The van der Waals surface area contributed by atoms with E-state index >= 15 is 4.39 Å². The molecule has 63 heavy (non-hydrogen) atoms. The summed E-state index contributed by atoms with van der Waals surface area (Å²) < 4.78 is 29.8. The minimum absolute atomic E-state index is 0.105. The van der Waals surface area contributed by atoms with E-state index in [4.69, 9.17) is 11.6 Å². The summed E-state index contributed by atoms with van der Waals surface area (Å²) in [4.78, 5) is 70.9. The Bertz CT molecular complexity index is 2470. The van der Waals surface area contributed by atoms with E-state index < -0.39 is 29.4 Å². The van der Waals surface area contributed by atoms with E-state index in [0.29, 0.717) is 39.4 Å². The first kappa shape index (κ1) is 43.0. The first-order chi connectivity index (χ1) is 30.5. The Morgan fingerprint density at radius 3 is 2.27 bits per heavy atom. The average molecular weight is 879 g/mol. The number of hydrogen-bond donors (Lipinski definition) is 5. The van der Waals surface area contributed by atoms with Crippen LogP contribution in [0.15, 0.2) is 85.3 Å². The van der Waals surface area contributed by atoms with Crippen LogP contribution in [0.4, 0.5) is 43.4 Å². The molecule has 3 saturated heterocycles. The van der Waals surface area contributed by atoms with Crippen LogP contribution in [0.3, 0.4) is 0 Å². The average Bonchev–Trinajstić information content (AvgIpc) is 3.29. The van der Waals surface area contributed by atoms with Crippen LogP contribution in [0.2, 0.25) is 5.02 Å². The van der Waals surface area contributed by atoms with Gasteiger partial charge in [0.25, 0.3) is 11.8 Å². The van der Waals surface area contributed by atoms with Gasteiger partial charge in [-0.05, 0) is 86.7 Å². The molecule has 19 heteroatoms. The van der Waals surface area contributed by atoms with Crippen LogP contribution < -0.4 is 31.6 Å². The van der Waals surface area contributed by atoms with Gasteiger partial charge in [-0.15, -0.1) is 0 Å². The van der Waals surface area contributed by atoms with Crippen molar-refractivity contribution in [2.24, 2.45) is 5.92 Å². The Balaban J connectivity index is 0.743. The van der Waals surface area contributed by atoms with Crippen molar-refractivity contribution in [3.63, 3.8) is 0 Å². The number of nitrogens with one attached hydrogen (secondary N) is 5. The molecule has 0 spiro atoms. The van der Waals surface area contributed by atoms with Crippen LogP contribution in [-0.2, 0) is 9.59 Å². The maximum Gasteiger partial charge on any atom is 0.274 e. The number of nitrogens with zero attached hydrogens (tertiary/aromatic N) is 7. The molecule has 0 aliphatic carbocycles. The number of halogens is 3. The van der Waals surface area contributed by atoms with E-state index in [1.54, 1.807) is 54.6 Å². The third kappa shape index (κ3) is 10.9. The van der Waals surface area contributed by atoms with Gasteiger partial charge in [0.15, 0.2) is 11.6 Å². The molecular weight excluding hydrogens is 834 g/mol. The second kappa shape index (κ2) is 19.6. The maximum absolute atomic E-state index is 15.1. The molecule has 0 saturated carbocycles. The lowest BCUT2D eigenvalue weighted by molar-refractivity contribution is -0.134. The van der Waals surface area contributed by atoms with Gasteiger partial charge < -0.3 is 20.9 Å². The predicted molar refractivity (Wildman–Crippen MR) is 233 cm³/mol. The number of anilines is 6. The van der Waals surface area contributed by atoms with Crippen molar-refractivity contribution in [2.75, 3.05) is 66.7 Å². The number of hydrogen-bond acceptors (Lipinski definition) is 13. The number of piperidine rings is 2. The monoisotopic (exact) mass is 878 g/mol. The van der Waals surface area contributed by atoms with Crippen LogP contribution in [-0.4, -0.2) is 99.3 Å². The quantitative estimate of drug-likeness (QED) is 0.0864. The number of benzene rings is 2. The molecule has 3 fully saturated rings. The zero-order chi connectivity index (χ0) is 43.9. The number of rotatable bonds is 13. The molecule has 3 aliphatic rings. The Kier molecular flexibility index (Phi) is 13.4. The van der Waals surface area contributed by atoms with Crippen molar-refractivity contribution in [3.8, 4) is 0 Å². The van der Waals surface area contributed by atoms with E-state index in [1.807, 2.05) is 5.01 Å². The highest BCUT2D eigenvalue weighted by Crippen LogP contribution is 2.29. The maximum atomic E-state index is 15.1. The normalized spacial score (nSPS) is 17.5. The number of amides is 4. The number of carbonyl (C=O) groups excluding carboxylic acids is 4. The number of para-hydroxylation sites is 1. The highest BCUT2D eigenvalue weighted by atomic mass is 35.5. The lowest BCUT2D eigenvalue weighted by atomic mass is 9.91. The molecule has 5 N–H and O–H groups in total. The Hall–Kier alpha value is -6.63. The first-order valence-corrected chi connectivity index (χ1v) is 21.1. The number of hydrazine groups is 1. The van der Waals surface area contributed by atoms with Crippen LogP contribution in [0.5, 0.6) is 0 Å². The van der Waals surface area contributed by atoms with Gasteiger partial charge in [0.2, 0.25) is 17.8 Å². The molecule has 3 aromatic heterocycles. The van der Waals surface area contributed by atoms with Gasteiger partial charge in [0.05, 0.1) is 34.7 Å². The Labute approximate surface area is 366 Å². The lowest BCUT2D eigenvalue weighted by Gasteiger charge is -2.37. The third-order valence-corrected chi connectivity index (χ3v) is 11.8. The number of carbonyl (C=O) groups is 4. The van der Waals surface area contributed by atoms with E-state index in [1.165, 1.54) is 24.5 Å². The van der Waals surface area contributed by atoms with Crippen molar-refractivity contribution in [1.29, 1.82) is 0 Å². The summed E-state index contributed by atoms with van der Waals surface area (Å²) in [5, 5.41) is 13.2. The van der Waals surface area contributed by atoms with E-state index in [0.717, 1.165) is 71.3 Å². The summed E-state index contributed by atoms with van der Waals surface area (Å²) in [5.41, 5.74) is 5.30. The van der Waals surface area contributed by atoms with Gasteiger partial charge in [-0.3, -0.25) is 34.8 Å². The molecule has 0 radical (unpaired) electrons. The smallest absolute Gasteiger partial charge is 0.274 e. The van der Waals surface area contributed by atoms with Gasteiger partial charge in [-0.2, -0.15) is 4.98 Å². The molecule has 1 unspecified atom stereocenters. The second-order valence-electron chi connectivity index (χ2n) is 15.6. The summed E-state index contributed by atoms with van der Waals surface area (Å²) in [7, 11) is 0. The van der Waals surface area contributed by atoms with Crippen LogP contribution >= 0.6 is 11.6 Å². The Morgan fingerprint density at radius 1 is 0.794 bits per heavy atom.